The Balaban J connectivity index is 1.02. The minimum atomic E-state index is 0.528. The number of hydrogen-bond acceptors (Lipinski definition) is 6. The van der Waals surface area contributed by atoms with Crippen LogP contribution >= 0.6 is 22.7 Å². The molecule has 0 amide bonds. The van der Waals surface area contributed by atoms with Gasteiger partial charge in [0.2, 0.25) is 0 Å². The quantitative estimate of drug-likeness (QED) is 0.0716. The van der Waals surface area contributed by atoms with Crippen LogP contribution in [0, 0.1) is 0 Å². The first-order chi connectivity index (χ1) is 35.5. The predicted molar refractivity (Wildman–Crippen MR) is 310 cm³/mol. The van der Waals surface area contributed by atoms with Crippen molar-refractivity contribution in [3.05, 3.63) is 252 Å². The second kappa shape index (κ2) is 22.8. The van der Waals surface area contributed by atoms with Crippen molar-refractivity contribution in [3.8, 4) is 9.75 Å². The number of fused-ring (bicyclic) bond motifs is 2. The number of hydrogen-bond donors (Lipinski definition) is 0. The van der Waals surface area contributed by atoms with Gasteiger partial charge in [-0.15, -0.1) is 22.7 Å². The van der Waals surface area contributed by atoms with Gasteiger partial charge in [0.25, 0.3) is 0 Å². The van der Waals surface area contributed by atoms with Crippen LogP contribution in [0.2, 0.25) is 0 Å². The van der Waals surface area contributed by atoms with Crippen molar-refractivity contribution in [2.75, 3.05) is 9.80 Å². The zero-order valence-electron chi connectivity index (χ0n) is 41.2. The minimum Gasteiger partial charge on any atom is -0.372 e. The first-order valence-electron chi connectivity index (χ1n) is 25.1. The Morgan fingerprint density at radius 2 is 0.639 bits per heavy atom. The van der Waals surface area contributed by atoms with E-state index in [1.165, 1.54) is 52.4 Å². The van der Waals surface area contributed by atoms with E-state index in [1.54, 1.807) is 0 Å². The molecule has 0 radical (unpaired) electrons. The summed E-state index contributed by atoms with van der Waals surface area (Å²) in [6.07, 6.45) is 8.05. The van der Waals surface area contributed by atoms with Crippen molar-refractivity contribution in [2.45, 2.75) is 66.0 Å². The lowest BCUT2D eigenvalue weighted by Gasteiger charge is -2.25. The van der Waals surface area contributed by atoms with Crippen molar-refractivity contribution in [1.82, 2.24) is 0 Å². The summed E-state index contributed by atoms with van der Waals surface area (Å²) in [6.45, 7) is 14.4. The van der Waals surface area contributed by atoms with E-state index < -0.39 is 0 Å². The number of ether oxygens (including phenoxy) is 2. The molecule has 6 heteroatoms. The maximum absolute atomic E-state index is 6.21. The number of thiophene rings is 2. The molecular weight excluding hydrogens is 917 g/mol. The molecule has 2 heterocycles. The lowest BCUT2D eigenvalue weighted by molar-refractivity contribution is 0.107. The molecule has 0 spiro atoms. The smallest absolute Gasteiger partial charge is 0.109 e. The summed E-state index contributed by atoms with van der Waals surface area (Å²) in [4.78, 5) is 7.42. The highest BCUT2D eigenvalue weighted by Crippen LogP contribution is 2.55. The van der Waals surface area contributed by atoms with Crippen LogP contribution in [-0.4, -0.2) is 0 Å². The van der Waals surface area contributed by atoms with Crippen LogP contribution in [0.1, 0.15) is 71.2 Å². The van der Waals surface area contributed by atoms with Crippen molar-refractivity contribution in [2.24, 2.45) is 0 Å². The van der Waals surface area contributed by atoms with Crippen molar-refractivity contribution in [3.63, 3.8) is 0 Å². The fraction of sp³-hybridized carbons (Fsp3) is 0.152. The fourth-order valence-corrected chi connectivity index (χ4v) is 12.1. The van der Waals surface area contributed by atoms with Crippen LogP contribution in [-0.2, 0) is 48.7 Å². The average Bonchev–Trinajstić information content (AvgIpc) is 4.00. The van der Waals surface area contributed by atoms with Gasteiger partial charge in [-0.05, 0) is 106 Å². The van der Waals surface area contributed by atoms with Gasteiger partial charge in [0.1, 0.15) is 10.0 Å². The van der Waals surface area contributed by atoms with E-state index >= 15 is 0 Å². The van der Waals surface area contributed by atoms with Gasteiger partial charge in [-0.25, -0.2) is 0 Å². The molecule has 0 fully saturated rings. The molecule has 358 valence electrons. The van der Waals surface area contributed by atoms with Gasteiger partial charge in [-0.3, -0.25) is 0 Å². The van der Waals surface area contributed by atoms with E-state index in [-0.39, 0.29) is 0 Å². The third-order valence-corrected chi connectivity index (χ3v) is 15.8. The van der Waals surface area contributed by atoms with E-state index in [9.17, 15) is 0 Å². The monoisotopic (exact) mass is 976 g/mol. The molecule has 0 saturated carbocycles. The van der Waals surface area contributed by atoms with Gasteiger partial charge in [-0.2, -0.15) is 0 Å². The zero-order chi connectivity index (χ0) is 49.2. The standard InChI is InChI=1S/C66H60N2O2S2/c1-5-13-49-27-35-55(36-28-49)67(57-39-31-53(32-40-57)45-69-43-51-23-19-47(7-3)20-24-51)65-61-17-11-9-15-59(61)63(71-65)64-60-16-10-12-18-62(60)66(72-64)68(56-37-29-50(14-6-2)30-38-56)58-41-33-54(34-42-58)46-70-44-52-25-21-48(8-4)22-26-52/h7-12,15-42H,3-6,13-14,43-46H2,1-2H3. The second-order valence-corrected chi connectivity index (χ2v) is 20.3. The van der Waals surface area contributed by atoms with Crippen LogP contribution < -0.4 is 9.80 Å². The summed E-state index contributed by atoms with van der Waals surface area (Å²) in [5, 5.41) is 7.30. The molecule has 0 aliphatic heterocycles. The number of anilines is 6. The summed E-state index contributed by atoms with van der Waals surface area (Å²) in [5.74, 6) is 0. The molecule has 0 atom stereocenters. The fourth-order valence-electron chi connectivity index (χ4n) is 9.34. The van der Waals surface area contributed by atoms with E-state index in [0.29, 0.717) is 26.4 Å². The van der Waals surface area contributed by atoms with E-state index in [0.717, 1.165) is 81.8 Å². The molecule has 0 unspecified atom stereocenters. The lowest BCUT2D eigenvalue weighted by atomic mass is 10.1. The van der Waals surface area contributed by atoms with Gasteiger partial charge in [0.05, 0.1) is 36.2 Å². The Morgan fingerprint density at radius 3 is 0.931 bits per heavy atom. The van der Waals surface area contributed by atoms with Crippen LogP contribution in [0.4, 0.5) is 32.8 Å². The van der Waals surface area contributed by atoms with Crippen molar-refractivity contribution < 1.29 is 9.47 Å². The van der Waals surface area contributed by atoms with Gasteiger partial charge < -0.3 is 19.3 Å². The Kier molecular flexibility index (Phi) is 15.3. The Hall–Kier alpha value is -7.32. The Morgan fingerprint density at radius 1 is 0.361 bits per heavy atom. The molecule has 0 bridgehead atoms. The molecule has 10 rings (SSSR count). The molecule has 0 saturated heterocycles. The first kappa shape index (κ1) is 48.3. The second-order valence-electron chi connectivity index (χ2n) is 18.3. The summed E-state index contributed by atoms with van der Waals surface area (Å²) in [6, 6.07) is 70.7. The summed E-state index contributed by atoms with van der Waals surface area (Å²) < 4.78 is 12.4. The molecular formula is C66H60N2O2S2. The Bertz CT molecular complexity index is 3160. The van der Waals surface area contributed by atoms with Crippen molar-refractivity contribution >= 4 is 89.1 Å². The summed E-state index contributed by atoms with van der Waals surface area (Å²) in [5.41, 5.74) is 13.9. The lowest BCUT2D eigenvalue weighted by Crippen LogP contribution is -2.09. The third-order valence-electron chi connectivity index (χ3n) is 13.2. The van der Waals surface area contributed by atoms with E-state index in [1.807, 2.05) is 34.8 Å². The average molecular weight is 977 g/mol. The topological polar surface area (TPSA) is 24.9 Å². The van der Waals surface area contributed by atoms with Crippen LogP contribution in [0.25, 0.3) is 43.5 Å². The molecule has 72 heavy (non-hydrogen) atoms. The summed E-state index contributed by atoms with van der Waals surface area (Å²) in [7, 11) is 0. The molecule has 0 aliphatic carbocycles. The highest BCUT2D eigenvalue weighted by molar-refractivity contribution is 7.28. The van der Waals surface area contributed by atoms with E-state index in [4.69, 9.17) is 9.47 Å². The number of nitrogens with zero attached hydrogens (tertiary/aromatic N) is 2. The molecule has 8 aromatic carbocycles. The van der Waals surface area contributed by atoms with Gasteiger partial charge in [0, 0.05) is 44.3 Å². The minimum absolute atomic E-state index is 0.528. The number of aryl methyl sites for hydroxylation is 2. The normalized spacial score (nSPS) is 11.3. The highest BCUT2D eigenvalue weighted by Gasteiger charge is 2.26. The SMILES string of the molecule is C=Cc1ccc(COCc2ccc(N(c3ccc(CCC)cc3)c3sc(-c4sc(N(c5ccc(CCC)cc5)c5ccc(COCc6ccc(C=C)cc6)cc5)c5ccccc45)c4ccccc34)cc2)cc1. The molecule has 2 aromatic heterocycles. The van der Waals surface area contributed by atoms with Gasteiger partial charge in [0.15, 0.2) is 0 Å². The molecule has 4 nitrogen and oxygen atoms in total. The number of benzene rings is 8. The molecule has 0 N–H and O–H groups in total. The van der Waals surface area contributed by atoms with Gasteiger partial charge in [-0.1, -0.05) is 198 Å². The largest absolute Gasteiger partial charge is 0.372 e. The summed E-state index contributed by atoms with van der Waals surface area (Å²) >= 11 is 3.75. The van der Waals surface area contributed by atoms with Crippen LogP contribution in [0.5, 0.6) is 0 Å². The number of rotatable bonds is 21. The van der Waals surface area contributed by atoms with Crippen LogP contribution in [0.3, 0.4) is 0 Å². The Labute approximate surface area is 433 Å². The predicted octanol–water partition coefficient (Wildman–Crippen LogP) is 19.3. The van der Waals surface area contributed by atoms with E-state index in [2.05, 4.69) is 231 Å². The molecule has 10 aromatic rings. The molecule has 0 aliphatic rings. The first-order valence-corrected chi connectivity index (χ1v) is 26.7. The zero-order valence-corrected chi connectivity index (χ0v) is 42.9. The maximum Gasteiger partial charge on any atom is 0.109 e. The van der Waals surface area contributed by atoms with Gasteiger partial charge >= 0.3 is 0 Å². The third kappa shape index (κ3) is 10.8. The van der Waals surface area contributed by atoms with Crippen molar-refractivity contribution in [1.29, 1.82) is 0 Å². The van der Waals surface area contributed by atoms with Crippen LogP contribution in [0.15, 0.2) is 207 Å². The maximum atomic E-state index is 6.21. The highest BCUT2D eigenvalue weighted by atomic mass is 32.1.